The summed E-state index contributed by atoms with van der Waals surface area (Å²) < 4.78 is 4.85. The molecule has 0 aromatic heterocycles. The summed E-state index contributed by atoms with van der Waals surface area (Å²) in [4.78, 5) is 11.3. The van der Waals surface area contributed by atoms with Crippen LogP contribution in [-0.4, -0.2) is 30.1 Å². The summed E-state index contributed by atoms with van der Waals surface area (Å²) in [7, 11) is 0. The van der Waals surface area contributed by atoms with Gasteiger partial charge in [-0.2, -0.15) is 17.0 Å². The van der Waals surface area contributed by atoms with Gasteiger partial charge in [-0.25, -0.2) is 0 Å². The number of nitriles is 1. The molecule has 0 saturated heterocycles. The third kappa shape index (κ3) is 9.80. The summed E-state index contributed by atoms with van der Waals surface area (Å²) >= 11 is 1.80. The Morgan fingerprint density at radius 3 is 2.68 bits per heavy atom. The molecule has 1 unspecified atom stereocenters. The minimum atomic E-state index is -0.495. The van der Waals surface area contributed by atoms with Gasteiger partial charge in [0.2, 0.25) is 0 Å². The normalized spacial score (nSPS) is 12.8. The number of thioether (sulfide) groups is 1. The highest BCUT2D eigenvalue weighted by molar-refractivity contribution is 7.99. The zero-order valence-electron chi connectivity index (χ0n) is 12.3. The molecule has 0 aromatic rings. The Hall–Kier alpha value is -0.730. The van der Waals surface area contributed by atoms with Crippen LogP contribution in [0.25, 0.3) is 0 Å². The van der Waals surface area contributed by atoms with Gasteiger partial charge in [-0.05, 0) is 51.5 Å². The Labute approximate surface area is 121 Å². The van der Waals surface area contributed by atoms with Crippen LogP contribution in [0.4, 0.5) is 0 Å². The van der Waals surface area contributed by atoms with E-state index in [-0.39, 0.29) is 11.4 Å². The topological polar surface area (TPSA) is 76.1 Å². The fourth-order valence-corrected chi connectivity index (χ4v) is 2.54. The molecule has 0 amide bonds. The van der Waals surface area contributed by atoms with Gasteiger partial charge in [-0.15, -0.1) is 0 Å². The van der Waals surface area contributed by atoms with E-state index in [1.165, 1.54) is 0 Å². The Morgan fingerprint density at radius 2 is 2.11 bits per heavy atom. The Bertz CT molecular complexity index is 300. The maximum Gasteiger partial charge on any atom is 0.322 e. The number of hydrogen-bond donors (Lipinski definition) is 1. The zero-order valence-corrected chi connectivity index (χ0v) is 13.1. The van der Waals surface area contributed by atoms with E-state index in [0.29, 0.717) is 13.0 Å². The summed E-state index contributed by atoms with van der Waals surface area (Å²) in [5.41, 5.74) is 5.48. The van der Waals surface area contributed by atoms with Crippen LogP contribution in [0.5, 0.6) is 0 Å². The molecule has 0 fully saturated rings. The minimum absolute atomic E-state index is 0.211. The molecule has 5 heteroatoms. The summed E-state index contributed by atoms with van der Waals surface area (Å²) in [6.07, 6.45) is 3.77. The standard InChI is InChI=1S/C14H26N2O2S/c1-4-18-13(17)12(16)7-10-19-9-6-5-8-14(2,3)11-15/h12H,4-10,16H2,1-3H3. The highest BCUT2D eigenvalue weighted by Crippen LogP contribution is 2.22. The van der Waals surface area contributed by atoms with Crippen molar-refractivity contribution in [3.63, 3.8) is 0 Å². The fraction of sp³-hybridized carbons (Fsp3) is 0.857. The summed E-state index contributed by atoms with van der Waals surface area (Å²) in [6, 6.07) is 1.81. The van der Waals surface area contributed by atoms with E-state index < -0.39 is 6.04 Å². The fourth-order valence-electron chi connectivity index (χ4n) is 1.51. The van der Waals surface area contributed by atoms with E-state index in [4.69, 9.17) is 15.7 Å². The maximum atomic E-state index is 11.3. The van der Waals surface area contributed by atoms with E-state index >= 15 is 0 Å². The van der Waals surface area contributed by atoms with Crippen LogP contribution < -0.4 is 5.73 Å². The molecule has 4 nitrogen and oxygen atoms in total. The lowest BCUT2D eigenvalue weighted by molar-refractivity contribution is -0.144. The van der Waals surface area contributed by atoms with Crippen molar-refractivity contribution in [2.45, 2.75) is 52.5 Å². The number of carbonyl (C=O) groups excluding carboxylic acids is 1. The number of unbranched alkanes of at least 4 members (excludes halogenated alkanes) is 1. The third-order valence-corrected chi connectivity index (χ3v) is 3.91. The van der Waals surface area contributed by atoms with Crippen molar-refractivity contribution in [3.05, 3.63) is 0 Å². The van der Waals surface area contributed by atoms with Crippen LogP contribution in [0.3, 0.4) is 0 Å². The van der Waals surface area contributed by atoms with Crippen molar-refractivity contribution in [1.29, 1.82) is 5.26 Å². The van der Waals surface area contributed by atoms with Crippen molar-refractivity contribution in [2.24, 2.45) is 11.1 Å². The molecular weight excluding hydrogens is 260 g/mol. The van der Waals surface area contributed by atoms with E-state index in [9.17, 15) is 4.79 Å². The molecule has 0 radical (unpaired) electrons. The number of esters is 1. The van der Waals surface area contributed by atoms with Gasteiger partial charge in [0.15, 0.2) is 0 Å². The molecule has 0 saturated carbocycles. The second-order valence-corrected chi connectivity index (χ2v) is 6.44. The number of rotatable bonds is 10. The largest absolute Gasteiger partial charge is 0.465 e. The molecular formula is C14H26N2O2S. The van der Waals surface area contributed by atoms with Crippen molar-refractivity contribution < 1.29 is 9.53 Å². The molecule has 0 aliphatic carbocycles. The lowest BCUT2D eigenvalue weighted by Gasteiger charge is -2.14. The molecule has 0 heterocycles. The highest BCUT2D eigenvalue weighted by atomic mass is 32.2. The van der Waals surface area contributed by atoms with Crippen LogP contribution in [0.15, 0.2) is 0 Å². The van der Waals surface area contributed by atoms with Gasteiger partial charge in [0.05, 0.1) is 18.1 Å². The zero-order chi connectivity index (χ0) is 14.7. The van der Waals surface area contributed by atoms with E-state index in [2.05, 4.69) is 6.07 Å². The van der Waals surface area contributed by atoms with Gasteiger partial charge in [0.25, 0.3) is 0 Å². The van der Waals surface area contributed by atoms with Crippen molar-refractivity contribution in [3.8, 4) is 6.07 Å². The quantitative estimate of drug-likeness (QED) is 0.493. The molecule has 19 heavy (non-hydrogen) atoms. The average molecular weight is 286 g/mol. The molecule has 110 valence electrons. The lowest BCUT2D eigenvalue weighted by Crippen LogP contribution is -2.32. The number of nitrogens with zero attached hydrogens (tertiary/aromatic N) is 1. The molecule has 0 aliphatic rings. The van der Waals surface area contributed by atoms with E-state index in [0.717, 1.165) is 30.8 Å². The smallest absolute Gasteiger partial charge is 0.322 e. The van der Waals surface area contributed by atoms with Crippen LogP contribution >= 0.6 is 11.8 Å². The van der Waals surface area contributed by atoms with Gasteiger partial charge in [0, 0.05) is 0 Å². The second-order valence-electron chi connectivity index (χ2n) is 5.21. The van der Waals surface area contributed by atoms with E-state index in [1.807, 2.05) is 13.8 Å². The second kappa shape index (κ2) is 10.1. The maximum absolute atomic E-state index is 11.3. The van der Waals surface area contributed by atoms with Crippen molar-refractivity contribution in [2.75, 3.05) is 18.1 Å². The van der Waals surface area contributed by atoms with Crippen molar-refractivity contribution >= 4 is 17.7 Å². The van der Waals surface area contributed by atoms with Crippen LogP contribution in [0.2, 0.25) is 0 Å². The van der Waals surface area contributed by atoms with Crippen LogP contribution in [0.1, 0.15) is 46.5 Å². The summed E-state index contributed by atoms with van der Waals surface area (Å²) in [6.45, 7) is 6.10. The minimum Gasteiger partial charge on any atom is -0.465 e. The van der Waals surface area contributed by atoms with Crippen LogP contribution in [0, 0.1) is 16.7 Å². The molecule has 0 rings (SSSR count). The third-order valence-electron chi connectivity index (χ3n) is 2.81. The van der Waals surface area contributed by atoms with Gasteiger partial charge >= 0.3 is 5.97 Å². The number of nitrogens with two attached hydrogens (primary N) is 1. The molecule has 0 aliphatic heterocycles. The Kier molecular flexibility index (Phi) is 9.72. The van der Waals surface area contributed by atoms with Crippen LogP contribution in [-0.2, 0) is 9.53 Å². The molecule has 0 bridgehead atoms. The molecule has 1 atom stereocenters. The number of hydrogen-bond acceptors (Lipinski definition) is 5. The average Bonchev–Trinajstić information content (AvgIpc) is 2.37. The summed E-state index contributed by atoms with van der Waals surface area (Å²) in [5, 5.41) is 8.88. The first-order valence-corrected chi connectivity index (χ1v) is 7.99. The highest BCUT2D eigenvalue weighted by Gasteiger charge is 2.15. The van der Waals surface area contributed by atoms with Gasteiger partial charge in [0.1, 0.15) is 6.04 Å². The first kappa shape index (κ1) is 18.3. The molecule has 0 spiro atoms. The summed E-state index contributed by atoms with van der Waals surface area (Å²) in [5.74, 6) is 1.62. The van der Waals surface area contributed by atoms with Gasteiger partial charge in [-0.3, -0.25) is 4.79 Å². The predicted molar refractivity (Wildman–Crippen MR) is 79.8 cm³/mol. The molecule has 2 N–H and O–H groups in total. The monoisotopic (exact) mass is 286 g/mol. The van der Waals surface area contributed by atoms with Gasteiger partial charge in [-0.1, -0.05) is 6.42 Å². The SMILES string of the molecule is CCOC(=O)C(N)CCSCCCCC(C)(C)C#N. The first-order chi connectivity index (χ1) is 8.93. The van der Waals surface area contributed by atoms with E-state index in [1.54, 1.807) is 18.7 Å². The Morgan fingerprint density at radius 1 is 1.42 bits per heavy atom. The predicted octanol–water partition coefficient (Wildman–Crippen LogP) is 2.72. The number of carbonyl (C=O) groups is 1. The number of ether oxygens (including phenoxy) is 1. The lowest BCUT2D eigenvalue weighted by atomic mass is 9.89. The Balaban J connectivity index is 3.46. The van der Waals surface area contributed by atoms with Crippen molar-refractivity contribution in [1.82, 2.24) is 0 Å². The first-order valence-electron chi connectivity index (χ1n) is 6.84. The molecule has 0 aromatic carbocycles. The van der Waals surface area contributed by atoms with Gasteiger partial charge < -0.3 is 10.5 Å².